The van der Waals surface area contributed by atoms with Gasteiger partial charge in [0.05, 0.1) is 30.8 Å². The van der Waals surface area contributed by atoms with Crippen LogP contribution in [0.5, 0.6) is 0 Å². The smallest absolute Gasteiger partial charge is 0.337 e. The Bertz CT molecular complexity index is 700. The van der Waals surface area contributed by atoms with E-state index in [1.54, 1.807) is 18.7 Å². The van der Waals surface area contributed by atoms with Crippen molar-refractivity contribution < 1.29 is 23.9 Å². The highest BCUT2D eigenvalue weighted by Crippen LogP contribution is 2.19. The fourth-order valence-electron chi connectivity index (χ4n) is 2.18. The van der Waals surface area contributed by atoms with Crippen LogP contribution >= 0.6 is 11.8 Å². The first-order chi connectivity index (χ1) is 12.5. The summed E-state index contributed by atoms with van der Waals surface area (Å²) in [6.07, 6.45) is 0.229. The Morgan fingerprint density at radius 3 is 2.62 bits per heavy atom. The van der Waals surface area contributed by atoms with E-state index in [1.165, 1.54) is 5.56 Å². The van der Waals surface area contributed by atoms with Crippen LogP contribution in [0, 0.1) is 6.92 Å². The minimum absolute atomic E-state index is 0.0425. The van der Waals surface area contributed by atoms with Gasteiger partial charge in [0.15, 0.2) is 0 Å². The topological polar surface area (TPSA) is 93.7 Å². The molecule has 1 aliphatic rings. The Labute approximate surface area is 156 Å². The van der Waals surface area contributed by atoms with E-state index in [0.29, 0.717) is 5.75 Å². The Morgan fingerprint density at radius 1 is 1.19 bits per heavy atom. The summed E-state index contributed by atoms with van der Waals surface area (Å²) in [5.74, 6) is -0.353. The third-order valence-electron chi connectivity index (χ3n) is 3.55. The fourth-order valence-corrected chi connectivity index (χ4v) is 3.01. The van der Waals surface area contributed by atoms with E-state index in [9.17, 15) is 14.4 Å². The van der Waals surface area contributed by atoms with Crippen LogP contribution < -0.4 is 10.6 Å². The predicted octanol–water partition coefficient (Wildman–Crippen LogP) is 2.15. The van der Waals surface area contributed by atoms with E-state index >= 15 is 0 Å². The second-order valence-electron chi connectivity index (χ2n) is 5.56. The lowest BCUT2D eigenvalue weighted by Crippen LogP contribution is -2.45. The summed E-state index contributed by atoms with van der Waals surface area (Å²) in [6.45, 7) is 3.80. The number of aryl methyl sites for hydroxylation is 1. The molecule has 0 fully saturated rings. The molecule has 8 heteroatoms. The third-order valence-corrected chi connectivity index (χ3v) is 4.56. The summed E-state index contributed by atoms with van der Waals surface area (Å²) in [5.41, 5.74) is 1.70. The molecule has 0 saturated carbocycles. The number of benzene rings is 1. The molecule has 0 bridgehead atoms. The number of carbonyl (C=O) groups excluding carboxylic acids is 3. The summed E-state index contributed by atoms with van der Waals surface area (Å²) < 4.78 is 10.1. The molecule has 1 aliphatic heterocycles. The lowest BCUT2D eigenvalue weighted by molar-refractivity contribution is -0.143. The number of nitrogens with one attached hydrogen (secondary N) is 2. The molecule has 0 unspecified atom stereocenters. The summed E-state index contributed by atoms with van der Waals surface area (Å²) >= 11 is 1.56. The van der Waals surface area contributed by atoms with Crippen molar-refractivity contribution in [3.05, 3.63) is 41.1 Å². The second kappa shape index (κ2) is 9.86. The zero-order valence-corrected chi connectivity index (χ0v) is 15.6. The van der Waals surface area contributed by atoms with Crippen molar-refractivity contribution in [1.82, 2.24) is 10.6 Å². The maximum absolute atomic E-state index is 11.9. The monoisotopic (exact) mass is 378 g/mol. The van der Waals surface area contributed by atoms with Crippen LogP contribution in [0.15, 0.2) is 40.4 Å². The first-order valence-electron chi connectivity index (χ1n) is 8.28. The molecular weight excluding hydrogens is 356 g/mol. The molecule has 0 spiro atoms. The van der Waals surface area contributed by atoms with Gasteiger partial charge in [-0.3, -0.25) is 4.79 Å². The standard InChI is InChI=1S/C18H22N2O5S/c1-3-24-17(22)14-10-19-18(23)20-15(14)11-25-16(21)8-9-26-13-6-4-12(2)5-7-13/h4-7H,3,8-11H2,1-2H3,(H2,19,20,23). The molecule has 0 saturated heterocycles. The molecule has 2 amide bonds. The van der Waals surface area contributed by atoms with E-state index in [-0.39, 0.29) is 37.4 Å². The molecule has 1 aromatic rings. The average Bonchev–Trinajstić information content (AvgIpc) is 2.62. The summed E-state index contributed by atoms with van der Waals surface area (Å²) in [5, 5.41) is 4.99. The quantitative estimate of drug-likeness (QED) is 0.532. The van der Waals surface area contributed by atoms with Gasteiger partial charge in [-0.2, -0.15) is 0 Å². The molecule has 0 radical (unpaired) electrons. The van der Waals surface area contributed by atoms with Crippen molar-refractivity contribution in [3.8, 4) is 0 Å². The number of esters is 2. The van der Waals surface area contributed by atoms with Crippen molar-refractivity contribution in [2.24, 2.45) is 0 Å². The molecule has 26 heavy (non-hydrogen) atoms. The lowest BCUT2D eigenvalue weighted by Gasteiger charge is -2.21. The van der Waals surface area contributed by atoms with Gasteiger partial charge in [0, 0.05) is 10.6 Å². The van der Waals surface area contributed by atoms with Crippen LogP contribution in [0.1, 0.15) is 18.9 Å². The minimum atomic E-state index is -0.541. The largest absolute Gasteiger partial charge is 0.463 e. The summed E-state index contributed by atoms with van der Waals surface area (Å²) in [6, 6.07) is 7.60. The van der Waals surface area contributed by atoms with Gasteiger partial charge in [-0.15, -0.1) is 11.8 Å². The Kier molecular flexibility index (Phi) is 7.53. The van der Waals surface area contributed by atoms with Crippen LogP contribution in [0.2, 0.25) is 0 Å². The van der Waals surface area contributed by atoms with Crippen molar-refractivity contribution in [3.63, 3.8) is 0 Å². The van der Waals surface area contributed by atoms with E-state index in [1.807, 2.05) is 31.2 Å². The van der Waals surface area contributed by atoms with Crippen LogP contribution in [0.25, 0.3) is 0 Å². The molecule has 0 aromatic heterocycles. The maximum Gasteiger partial charge on any atom is 0.337 e. The summed E-state index contributed by atoms with van der Waals surface area (Å²) in [7, 11) is 0. The van der Waals surface area contributed by atoms with Gasteiger partial charge >= 0.3 is 18.0 Å². The molecule has 7 nitrogen and oxygen atoms in total. The Morgan fingerprint density at radius 2 is 1.92 bits per heavy atom. The third kappa shape index (κ3) is 6.11. The Balaban J connectivity index is 1.82. The van der Waals surface area contributed by atoms with Crippen LogP contribution in [0.3, 0.4) is 0 Å². The van der Waals surface area contributed by atoms with Gasteiger partial charge in [0.25, 0.3) is 0 Å². The Hall–Kier alpha value is -2.48. The molecule has 0 aliphatic carbocycles. The number of rotatable bonds is 8. The first kappa shape index (κ1) is 19.8. The molecule has 1 heterocycles. The van der Waals surface area contributed by atoms with Crippen molar-refractivity contribution in [1.29, 1.82) is 0 Å². The van der Waals surface area contributed by atoms with E-state index in [2.05, 4.69) is 10.6 Å². The number of thioether (sulfide) groups is 1. The van der Waals surface area contributed by atoms with Gasteiger partial charge in [0.2, 0.25) is 0 Å². The minimum Gasteiger partial charge on any atom is -0.463 e. The van der Waals surface area contributed by atoms with Crippen LogP contribution in [-0.2, 0) is 19.1 Å². The van der Waals surface area contributed by atoms with E-state index in [4.69, 9.17) is 9.47 Å². The van der Waals surface area contributed by atoms with Crippen molar-refractivity contribution >= 4 is 29.7 Å². The number of ether oxygens (including phenoxy) is 2. The first-order valence-corrected chi connectivity index (χ1v) is 9.27. The number of amides is 2. The highest BCUT2D eigenvalue weighted by atomic mass is 32.2. The highest BCUT2D eigenvalue weighted by molar-refractivity contribution is 7.99. The number of hydrogen-bond donors (Lipinski definition) is 2. The number of carbonyl (C=O) groups is 3. The van der Waals surface area contributed by atoms with E-state index in [0.717, 1.165) is 4.90 Å². The molecule has 2 N–H and O–H groups in total. The fraction of sp³-hybridized carbons (Fsp3) is 0.389. The number of urea groups is 1. The second-order valence-corrected chi connectivity index (χ2v) is 6.73. The average molecular weight is 378 g/mol. The predicted molar refractivity (Wildman–Crippen MR) is 97.7 cm³/mol. The SMILES string of the molecule is CCOC(=O)C1=C(COC(=O)CCSc2ccc(C)cc2)NC(=O)NC1. The highest BCUT2D eigenvalue weighted by Gasteiger charge is 2.24. The molecule has 1 aromatic carbocycles. The lowest BCUT2D eigenvalue weighted by atomic mass is 10.2. The van der Waals surface area contributed by atoms with Gasteiger partial charge in [0.1, 0.15) is 6.61 Å². The molecule has 2 rings (SSSR count). The molecule has 0 atom stereocenters. The van der Waals surface area contributed by atoms with Crippen molar-refractivity contribution in [2.75, 3.05) is 25.5 Å². The summed E-state index contributed by atoms with van der Waals surface area (Å²) in [4.78, 5) is 36.3. The van der Waals surface area contributed by atoms with Gasteiger partial charge < -0.3 is 20.1 Å². The van der Waals surface area contributed by atoms with Crippen LogP contribution in [0.4, 0.5) is 4.79 Å². The molecular formula is C18H22N2O5S. The van der Waals surface area contributed by atoms with Crippen LogP contribution in [-0.4, -0.2) is 43.5 Å². The van der Waals surface area contributed by atoms with E-state index < -0.39 is 18.0 Å². The van der Waals surface area contributed by atoms with Gasteiger partial charge in [-0.1, -0.05) is 17.7 Å². The van der Waals surface area contributed by atoms with Crippen molar-refractivity contribution in [2.45, 2.75) is 25.2 Å². The zero-order chi connectivity index (χ0) is 18.9. The van der Waals surface area contributed by atoms with Gasteiger partial charge in [-0.05, 0) is 26.0 Å². The van der Waals surface area contributed by atoms with Gasteiger partial charge in [-0.25, -0.2) is 9.59 Å². The zero-order valence-electron chi connectivity index (χ0n) is 14.8. The molecule has 140 valence electrons. The maximum atomic E-state index is 11.9. The number of hydrogen-bond acceptors (Lipinski definition) is 6. The normalized spacial score (nSPS) is 13.7.